The number of benzene rings is 9. The predicted molar refractivity (Wildman–Crippen MR) is 253 cm³/mol. The van der Waals surface area contributed by atoms with Crippen molar-refractivity contribution >= 4 is 99.6 Å². The number of rotatable bonds is 5. The maximum absolute atomic E-state index is 2.53. The molecule has 0 saturated heterocycles. The lowest BCUT2D eigenvalue weighted by molar-refractivity contribution is 1.17. The topological polar surface area (TPSA) is 8.17 Å². The summed E-state index contributed by atoms with van der Waals surface area (Å²) in [5, 5.41) is 10.9. The minimum absolute atomic E-state index is 1.13. The van der Waals surface area contributed by atoms with Gasteiger partial charge >= 0.3 is 0 Å². The summed E-state index contributed by atoms with van der Waals surface area (Å²) in [5.74, 6) is 0. The van der Waals surface area contributed by atoms with E-state index in [1.165, 1.54) is 91.1 Å². The van der Waals surface area contributed by atoms with Crippen molar-refractivity contribution in [3.8, 4) is 27.9 Å². The predicted octanol–water partition coefficient (Wildman–Crippen LogP) is 14.2. The van der Waals surface area contributed by atoms with E-state index in [9.17, 15) is 0 Å². The van der Waals surface area contributed by atoms with Crippen LogP contribution in [0.3, 0.4) is 0 Å². The third kappa shape index (κ3) is 4.95. The number of hydrogen-bond donors (Lipinski definition) is 0. The first kappa shape index (κ1) is 33.4. The molecule has 0 aliphatic carbocycles. The molecule has 274 valence electrons. The Balaban J connectivity index is 1.04. The van der Waals surface area contributed by atoms with Gasteiger partial charge in [0.2, 0.25) is 0 Å². The van der Waals surface area contributed by atoms with Gasteiger partial charge in [-0.3, -0.25) is 0 Å². The summed E-state index contributed by atoms with van der Waals surface area (Å²) in [4.78, 5) is 2.46. The summed E-state index contributed by atoms with van der Waals surface area (Å²) in [7, 11) is -2.05. The van der Waals surface area contributed by atoms with E-state index in [4.69, 9.17) is 0 Å². The van der Waals surface area contributed by atoms with Crippen LogP contribution in [-0.4, -0.2) is 12.6 Å². The number of thiophene rings is 1. The van der Waals surface area contributed by atoms with Gasteiger partial charge in [-0.25, -0.2) is 0 Å². The molecule has 0 unspecified atom stereocenters. The minimum atomic E-state index is -2.05. The third-order valence-corrected chi connectivity index (χ3v) is 17.2. The van der Waals surface area contributed by atoms with Gasteiger partial charge < -0.3 is 9.47 Å². The molecule has 11 aromatic rings. The average Bonchev–Trinajstić information content (AvgIpc) is 3.89. The molecule has 0 fully saturated rings. The second-order valence-corrected chi connectivity index (χ2v) is 21.6. The minimum Gasteiger partial charge on any atom is -0.310 e. The Bertz CT molecular complexity index is 3390. The summed E-state index contributed by atoms with van der Waals surface area (Å²) in [6.45, 7) is 5.07. The van der Waals surface area contributed by atoms with Crippen molar-refractivity contribution in [2.75, 3.05) is 4.90 Å². The first-order valence-corrected chi connectivity index (χ1v) is 23.9. The van der Waals surface area contributed by atoms with E-state index in [0.29, 0.717) is 0 Å². The highest BCUT2D eigenvalue weighted by Crippen LogP contribution is 2.44. The van der Waals surface area contributed by atoms with Crippen molar-refractivity contribution in [1.29, 1.82) is 0 Å². The van der Waals surface area contributed by atoms with Gasteiger partial charge in [0, 0.05) is 53.7 Å². The molecule has 58 heavy (non-hydrogen) atoms. The molecule has 3 heterocycles. The number of aromatic nitrogens is 1. The summed E-state index contributed by atoms with van der Waals surface area (Å²) in [6.07, 6.45) is 0. The fourth-order valence-electron chi connectivity index (χ4n) is 9.76. The fraction of sp³-hybridized carbons (Fsp3) is 0.0370. The number of hydrogen-bond acceptors (Lipinski definition) is 2. The molecule has 0 amide bonds. The van der Waals surface area contributed by atoms with Crippen molar-refractivity contribution in [3.63, 3.8) is 0 Å². The van der Waals surface area contributed by atoms with Gasteiger partial charge in [0.25, 0.3) is 0 Å². The Morgan fingerprint density at radius 1 is 0.448 bits per heavy atom. The van der Waals surface area contributed by atoms with Gasteiger partial charge in [0.05, 0.1) is 11.0 Å². The monoisotopic (exact) mass is 774 g/mol. The van der Waals surface area contributed by atoms with Gasteiger partial charge in [-0.15, -0.1) is 11.3 Å². The summed E-state index contributed by atoms with van der Waals surface area (Å²) in [5.41, 5.74) is 12.3. The van der Waals surface area contributed by atoms with Gasteiger partial charge in [-0.1, -0.05) is 128 Å². The fourth-order valence-corrected chi connectivity index (χ4v) is 13.9. The summed E-state index contributed by atoms with van der Waals surface area (Å²) in [6, 6.07) is 72.2. The molecular weight excluding hydrogens is 737 g/mol. The van der Waals surface area contributed by atoms with Crippen LogP contribution >= 0.6 is 11.3 Å². The van der Waals surface area contributed by atoms with Crippen LogP contribution in [0.1, 0.15) is 0 Å². The van der Waals surface area contributed by atoms with Crippen LogP contribution < -0.4 is 15.3 Å². The lowest BCUT2D eigenvalue weighted by Crippen LogP contribution is -2.49. The van der Waals surface area contributed by atoms with E-state index in [1.54, 1.807) is 0 Å². The molecule has 0 spiro atoms. The van der Waals surface area contributed by atoms with Gasteiger partial charge in [-0.05, 0) is 122 Å². The maximum atomic E-state index is 2.53. The lowest BCUT2D eigenvalue weighted by atomic mass is 9.98. The van der Waals surface area contributed by atoms with E-state index in [-0.39, 0.29) is 0 Å². The van der Waals surface area contributed by atoms with E-state index >= 15 is 0 Å². The van der Waals surface area contributed by atoms with E-state index in [0.717, 1.165) is 17.1 Å². The Kier molecular flexibility index (Phi) is 7.28. The highest BCUT2D eigenvalue weighted by Gasteiger charge is 2.39. The maximum Gasteiger partial charge on any atom is 0.113 e. The first-order valence-electron chi connectivity index (χ1n) is 20.1. The SMILES string of the molecule is C[Si]1(C)c2cc(N(c3ccc(-n4c5ccccc5c5ccccc54)cc3)c3cccc(-c4ccc5ccccc5c4)c3)ccc2-c2c1ccc1sc3ccccc3c21. The highest BCUT2D eigenvalue weighted by molar-refractivity contribution is 7.26. The van der Waals surface area contributed by atoms with E-state index in [1.807, 2.05) is 11.3 Å². The number of fused-ring (bicyclic) bond motifs is 11. The molecule has 12 rings (SSSR count). The zero-order valence-corrected chi connectivity index (χ0v) is 34.1. The Morgan fingerprint density at radius 2 is 1.10 bits per heavy atom. The Labute approximate surface area is 342 Å². The van der Waals surface area contributed by atoms with Crippen LogP contribution in [0.4, 0.5) is 17.1 Å². The lowest BCUT2D eigenvalue weighted by Gasteiger charge is -2.28. The van der Waals surface area contributed by atoms with Crippen LogP contribution in [0.5, 0.6) is 0 Å². The van der Waals surface area contributed by atoms with Crippen LogP contribution in [0.2, 0.25) is 13.1 Å². The molecule has 0 radical (unpaired) electrons. The smallest absolute Gasteiger partial charge is 0.113 e. The van der Waals surface area contributed by atoms with E-state index < -0.39 is 8.07 Å². The Hall–Kier alpha value is -6.72. The molecular formula is C54H38N2SSi. The highest BCUT2D eigenvalue weighted by atomic mass is 32.1. The number of nitrogens with zero attached hydrogens (tertiary/aromatic N) is 2. The van der Waals surface area contributed by atoms with Crippen molar-refractivity contribution in [3.05, 3.63) is 194 Å². The average molecular weight is 775 g/mol. The molecule has 1 aliphatic rings. The van der Waals surface area contributed by atoms with Gasteiger partial charge in [0.1, 0.15) is 8.07 Å². The van der Waals surface area contributed by atoms with Gasteiger partial charge in [0.15, 0.2) is 0 Å². The van der Waals surface area contributed by atoms with Crippen molar-refractivity contribution in [1.82, 2.24) is 4.57 Å². The number of para-hydroxylation sites is 2. The van der Waals surface area contributed by atoms with Crippen LogP contribution in [-0.2, 0) is 0 Å². The third-order valence-electron chi connectivity index (χ3n) is 12.6. The summed E-state index contributed by atoms with van der Waals surface area (Å²) < 4.78 is 5.13. The van der Waals surface area contributed by atoms with Crippen LogP contribution in [0.15, 0.2) is 194 Å². The molecule has 0 bridgehead atoms. The molecule has 0 N–H and O–H groups in total. The molecule has 0 atom stereocenters. The molecule has 4 heteroatoms. The molecule has 2 nitrogen and oxygen atoms in total. The van der Waals surface area contributed by atoms with Crippen molar-refractivity contribution in [2.24, 2.45) is 0 Å². The summed E-state index contributed by atoms with van der Waals surface area (Å²) >= 11 is 1.91. The molecule has 2 aromatic heterocycles. The van der Waals surface area contributed by atoms with E-state index in [2.05, 4.69) is 217 Å². The zero-order valence-electron chi connectivity index (χ0n) is 32.3. The second kappa shape index (κ2) is 12.6. The number of anilines is 3. The van der Waals surface area contributed by atoms with Crippen molar-refractivity contribution < 1.29 is 0 Å². The Morgan fingerprint density at radius 3 is 1.90 bits per heavy atom. The normalized spacial score (nSPS) is 13.1. The van der Waals surface area contributed by atoms with Crippen molar-refractivity contribution in [2.45, 2.75) is 13.1 Å². The van der Waals surface area contributed by atoms with Gasteiger partial charge in [-0.2, -0.15) is 0 Å². The largest absolute Gasteiger partial charge is 0.310 e. The first-order chi connectivity index (χ1) is 28.5. The molecule has 1 aliphatic heterocycles. The van der Waals surface area contributed by atoms with Crippen LogP contribution in [0.25, 0.3) is 80.7 Å². The quantitative estimate of drug-likeness (QED) is 0.158. The second-order valence-electron chi connectivity index (χ2n) is 16.1. The van der Waals surface area contributed by atoms with Crippen LogP contribution in [0, 0.1) is 0 Å². The molecule has 0 saturated carbocycles. The standard InChI is InChI=1S/C54H38N2SSi/c1-58(2)51-31-30-50-53(45-18-7-10-21-49(45)57-50)54(51)46-29-28-42(34-52(46)58)55(41-15-11-14-37(33-41)38-23-22-35-12-3-4-13-36(35)32-38)39-24-26-40(27-25-39)56-47-19-8-5-16-43(47)44-17-6-9-20-48(44)56/h3-34H,1-2H3. The zero-order chi connectivity index (χ0) is 38.5. The molecule has 9 aromatic carbocycles.